The van der Waals surface area contributed by atoms with Crippen molar-refractivity contribution in [1.29, 1.82) is 0 Å². The van der Waals surface area contributed by atoms with Gasteiger partial charge in [0.05, 0.1) is 22.6 Å². The number of hydrogen-bond donors (Lipinski definition) is 1. The van der Waals surface area contributed by atoms with E-state index in [4.69, 9.17) is 5.11 Å². The molecule has 0 aliphatic heterocycles. The first-order valence-electron chi connectivity index (χ1n) is 5.79. The molecule has 0 radical (unpaired) electrons. The van der Waals surface area contributed by atoms with Crippen LogP contribution in [0.5, 0.6) is 0 Å². The van der Waals surface area contributed by atoms with E-state index in [0.717, 1.165) is 10.7 Å². The quantitative estimate of drug-likeness (QED) is 0.879. The fourth-order valence-electron chi connectivity index (χ4n) is 2.11. The average Bonchev–Trinajstić information content (AvgIpc) is 2.62. The van der Waals surface area contributed by atoms with Crippen LogP contribution < -0.4 is 0 Å². The zero-order valence-electron chi connectivity index (χ0n) is 11.0. The van der Waals surface area contributed by atoms with E-state index in [2.05, 4.69) is 21.0 Å². The van der Waals surface area contributed by atoms with Gasteiger partial charge in [-0.1, -0.05) is 15.9 Å². The van der Waals surface area contributed by atoms with Crippen LogP contribution in [0, 0.1) is 13.8 Å². The first-order chi connectivity index (χ1) is 9.62. The van der Waals surface area contributed by atoms with Gasteiger partial charge >= 0.3 is 12.1 Å². The van der Waals surface area contributed by atoms with Gasteiger partial charge < -0.3 is 5.11 Å². The molecule has 0 aliphatic carbocycles. The molecule has 2 rings (SSSR count). The maximum Gasteiger partial charge on any atom is 0.418 e. The fraction of sp³-hybridized carbons (Fsp3) is 0.231. The van der Waals surface area contributed by atoms with E-state index in [1.54, 1.807) is 0 Å². The minimum atomic E-state index is -4.56. The smallest absolute Gasteiger partial charge is 0.418 e. The number of carbonyl (C=O) groups is 1. The highest BCUT2D eigenvalue weighted by Gasteiger charge is 2.35. The number of hydrogen-bond acceptors (Lipinski definition) is 2. The van der Waals surface area contributed by atoms with Crippen molar-refractivity contribution in [2.24, 2.45) is 0 Å². The fourth-order valence-corrected chi connectivity index (χ4v) is 2.46. The molecule has 0 saturated carbocycles. The molecule has 0 unspecified atom stereocenters. The Hall–Kier alpha value is -1.83. The third kappa shape index (κ3) is 2.80. The number of aromatic carboxylic acids is 1. The van der Waals surface area contributed by atoms with E-state index >= 15 is 0 Å². The molecular weight excluding hydrogens is 353 g/mol. The molecule has 4 nitrogen and oxygen atoms in total. The molecule has 2 aromatic rings. The highest BCUT2D eigenvalue weighted by molar-refractivity contribution is 9.10. The lowest BCUT2D eigenvalue weighted by molar-refractivity contribution is -0.137. The number of carboxylic acid groups (broad SMARTS) is 1. The first-order valence-corrected chi connectivity index (χ1v) is 6.59. The first kappa shape index (κ1) is 15.6. The predicted molar refractivity (Wildman–Crippen MR) is 72.7 cm³/mol. The molecule has 0 amide bonds. The molecule has 112 valence electrons. The van der Waals surface area contributed by atoms with E-state index in [0.29, 0.717) is 4.47 Å². The van der Waals surface area contributed by atoms with Crippen LogP contribution >= 0.6 is 15.9 Å². The summed E-state index contributed by atoms with van der Waals surface area (Å²) in [6, 6.07) is 3.46. The summed E-state index contributed by atoms with van der Waals surface area (Å²) in [6.45, 7) is 2.86. The molecule has 0 atom stereocenters. The van der Waals surface area contributed by atoms with E-state index in [1.165, 1.54) is 26.0 Å². The Morgan fingerprint density at radius 3 is 2.43 bits per heavy atom. The van der Waals surface area contributed by atoms with Crippen LogP contribution in [-0.4, -0.2) is 20.9 Å². The second-order valence-corrected chi connectivity index (χ2v) is 5.34. The van der Waals surface area contributed by atoms with Gasteiger partial charge in [-0.05, 0) is 32.0 Å². The number of rotatable bonds is 2. The highest BCUT2D eigenvalue weighted by atomic mass is 79.9. The molecule has 1 aromatic carbocycles. The Labute approximate surface area is 126 Å². The highest BCUT2D eigenvalue weighted by Crippen LogP contribution is 2.36. The monoisotopic (exact) mass is 362 g/mol. The lowest BCUT2D eigenvalue weighted by Gasteiger charge is -2.14. The third-order valence-corrected chi connectivity index (χ3v) is 3.49. The number of alkyl halides is 3. The zero-order valence-corrected chi connectivity index (χ0v) is 12.6. The summed E-state index contributed by atoms with van der Waals surface area (Å²) in [5, 5.41) is 13.0. The van der Waals surface area contributed by atoms with Crippen molar-refractivity contribution in [2.45, 2.75) is 20.0 Å². The van der Waals surface area contributed by atoms with Gasteiger partial charge in [0, 0.05) is 4.47 Å². The maximum absolute atomic E-state index is 13.1. The van der Waals surface area contributed by atoms with Crippen molar-refractivity contribution >= 4 is 21.9 Å². The molecule has 1 N–H and O–H groups in total. The Morgan fingerprint density at radius 2 is 1.95 bits per heavy atom. The molecule has 21 heavy (non-hydrogen) atoms. The van der Waals surface area contributed by atoms with Crippen molar-refractivity contribution in [1.82, 2.24) is 9.78 Å². The van der Waals surface area contributed by atoms with Crippen LogP contribution in [-0.2, 0) is 6.18 Å². The number of benzene rings is 1. The van der Waals surface area contributed by atoms with Gasteiger partial charge in [-0.15, -0.1) is 0 Å². The minimum Gasteiger partial charge on any atom is -0.478 e. The van der Waals surface area contributed by atoms with E-state index in [-0.39, 0.29) is 22.6 Å². The van der Waals surface area contributed by atoms with Gasteiger partial charge in [-0.3, -0.25) is 0 Å². The van der Waals surface area contributed by atoms with Gasteiger partial charge in [0.15, 0.2) is 0 Å². The van der Waals surface area contributed by atoms with Crippen LogP contribution in [0.15, 0.2) is 22.7 Å². The van der Waals surface area contributed by atoms with Crippen molar-refractivity contribution < 1.29 is 23.1 Å². The minimum absolute atomic E-state index is 0.0944. The Bertz CT molecular complexity index is 723. The molecule has 8 heteroatoms. The number of aryl methyl sites for hydroxylation is 1. The number of aromatic nitrogens is 2. The molecule has 1 heterocycles. The molecular formula is C13H10BrF3N2O2. The topological polar surface area (TPSA) is 55.1 Å². The van der Waals surface area contributed by atoms with Gasteiger partial charge in [0.2, 0.25) is 0 Å². The van der Waals surface area contributed by atoms with Gasteiger partial charge in [0.1, 0.15) is 5.56 Å². The molecule has 0 fully saturated rings. The lowest BCUT2D eigenvalue weighted by Crippen LogP contribution is -2.12. The molecule has 0 spiro atoms. The van der Waals surface area contributed by atoms with Crippen LogP contribution in [0.4, 0.5) is 13.2 Å². The van der Waals surface area contributed by atoms with Gasteiger partial charge in [0.25, 0.3) is 0 Å². The second kappa shape index (κ2) is 5.18. The molecule has 0 aliphatic rings. The maximum atomic E-state index is 13.1. The summed E-state index contributed by atoms with van der Waals surface area (Å²) in [6.07, 6.45) is -4.56. The van der Waals surface area contributed by atoms with Crippen LogP contribution in [0.25, 0.3) is 5.69 Å². The Balaban J connectivity index is 2.76. The normalized spacial score (nSPS) is 11.7. The van der Waals surface area contributed by atoms with Crippen molar-refractivity contribution in [3.63, 3.8) is 0 Å². The van der Waals surface area contributed by atoms with Gasteiger partial charge in [-0.25, -0.2) is 9.48 Å². The Morgan fingerprint density at radius 1 is 1.33 bits per heavy atom. The van der Waals surface area contributed by atoms with E-state index in [1.807, 2.05) is 0 Å². The standard InChI is InChI=1S/C13H10BrF3N2O2/c1-6-11(12(20)21)7(2)19(18-6)10-5-8(14)3-4-9(10)13(15,16)17/h3-5H,1-2H3,(H,20,21). The summed E-state index contributed by atoms with van der Waals surface area (Å²) in [5.74, 6) is -1.22. The van der Waals surface area contributed by atoms with E-state index in [9.17, 15) is 18.0 Å². The Kier molecular flexibility index (Phi) is 3.83. The van der Waals surface area contributed by atoms with Gasteiger partial charge in [-0.2, -0.15) is 18.3 Å². The third-order valence-electron chi connectivity index (χ3n) is 3.00. The summed E-state index contributed by atoms with van der Waals surface area (Å²) < 4.78 is 40.7. The predicted octanol–water partition coefficient (Wildman–Crippen LogP) is 3.97. The number of carboxylic acids is 1. The molecule has 1 aromatic heterocycles. The average molecular weight is 363 g/mol. The second-order valence-electron chi connectivity index (χ2n) is 4.42. The summed E-state index contributed by atoms with van der Waals surface area (Å²) in [5.41, 5.74) is -0.891. The molecule has 0 saturated heterocycles. The number of nitrogens with zero attached hydrogens (tertiary/aromatic N) is 2. The SMILES string of the molecule is Cc1nn(-c2cc(Br)ccc2C(F)(F)F)c(C)c1C(=O)O. The summed E-state index contributed by atoms with van der Waals surface area (Å²) >= 11 is 3.11. The van der Waals surface area contributed by atoms with Crippen molar-refractivity contribution in [2.75, 3.05) is 0 Å². The largest absolute Gasteiger partial charge is 0.478 e. The van der Waals surface area contributed by atoms with Crippen molar-refractivity contribution in [3.8, 4) is 5.69 Å². The number of halogens is 4. The van der Waals surface area contributed by atoms with E-state index < -0.39 is 17.7 Å². The van der Waals surface area contributed by atoms with Crippen LogP contribution in [0.3, 0.4) is 0 Å². The summed E-state index contributed by atoms with van der Waals surface area (Å²) in [4.78, 5) is 11.2. The van der Waals surface area contributed by atoms with Crippen LogP contribution in [0.2, 0.25) is 0 Å². The lowest BCUT2D eigenvalue weighted by atomic mass is 10.1. The zero-order chi connectivity index (χ0) is 15.9. The van der Waals surface area contributed by atoms with Crippen molar-refractivity contribution in [3.05, 3.63) is 45.2 Å². The summed E-state index contributed by atoms with van der Waals surface area (Å²) in [7, 11) is 0. The van der Waals surface area contributed by atoms with Crippen LogP contribution in [0.1, 0.15) is 27.3 Å². The molecule has 0 bridgehead atoms.